The molecule has 0 spiro atoms. The number of hydrogen-bond acceptors (Lipinski definition) is 3. The first kappa shape index (κ1) is 11.4. The Balaban J connectivity index is 2.19. The van der Waals surface area contributed by atoms with Crippen molar-refractivity contribution < 1.29 is 9.90 Å². The second kappa shape index (κ2) is 4.53. The number of aryl methyl sites for hydroxylation is 2. The molecule has 0 radical (unpaired) electrons. The van der Waals surface area contributed by atoms with Gasteiger partial charge in [0.2, 0.25) is 0 Å². The third kappa shape index (κ3) is 1.93. The Morgan fingerprint density at radius 3 is 2.56 bits per heavy atom. The van der Waals surface area contributed by atoms with E-state index in [4.69, 9.17) is 0 Å². The van der Waals surface area contributed by atoms with Gasteiger partial charge in [-0.3, -0.25) is 0 Å². The smallest absolute Gasteiger partial charge is 0.336 e. The molecule has 2 aromatic rings. The van der Waals surface area contributed by atoms with Crippen LogP contribution in [0.3, 0.4) is 0 Å². The number of thiazole rings is 1. The second-order valence-electron chi connectivity index (χ2n) is 4.52. The fraction of sp³-hybridized carbons (Fsp3) is 0.286. The molecule has 1 aromatic carbocycles. The van der Waals surface area contributed by atoms with Crippen LogP contribution in [0.1, 0.15) is 34.3 Å². The van der Waals surface area contributed by atoms with E-state index in [1.165, 1.54) is 28.9 Å². The normalized spacial score (nSPS) is 14.2. The first-order valence-corrected chi connectivity index (χ1v) is 6.92. The van der Waals surface area contributed by atoms with Crippen molar-refractivity contribution in [2.45, 2.75) is 25.7 Å². The van der Waals surface area contributed by atoms with Gasteiger partial charge in [0, 0.05) is 17.1 Å². The van der Waals surface area contributed by atoms with E-state index in [0.717, 1.165) is 29.8 Å². The van der Waals surface area contributed by atoms with Crippen molar-refractivity contribution in [3.63, 3.8) is 0 Å². The first-order chi connectivity index (χ1) is 8.75. The van der Waals surface area contributed by atoms with Crippen LogP contribution in [0.4, 0.5) is 0 Å². The SMILES string of the molecule is O=C(O)c1cc2c(cc1-c1nccs1)CCCC2. The number of aromatic nitrogens is 1. The predicted octanol–water partition coefficient (Wildman–Crippen LogP) is 3.39. The first-order valence-electron chi connectivity index (χ1n) is 6.04. The Kier molecular flexibility index (Phi) is 2.88. The molecule has 1 aromatic heterocycles. The van der Waals surface area contributed by atoms with Crippen LogP contribution in [0.5, 0.6) is 0 Å². The Morgan fingerprint density at radius 1 is 1.22 bits per heavy atom. The highest BCUT2D eigenvalue weighted by molar-refractivity contribution is 7.13. The molecule has 0 bridgehead atoms. The molecule has 3 nitrogen and oxygen atoms in total. The summed E-state index contributed by atoms with van der Waals surface area (Å²) in [6, 6.07) is 3.87. The van der Waals surface area contributed by atoms with Crippen molar-refractivity contribution in [3.05, 3.63) is 40.4 Å². The summed E-state index contributed by atoms with van der Waals surface area (Å²) in [6.07, 6.45) is 6.10. The standard InChI is InChI=1S/C14H13NO2S/c16-14(17)12-8-10-4-2-1-3-9(10)7-11(12)13-15-5-6-18-13/h5-8H,1-4H2,(H,16,17). The lowest BCUT2D eigenvalue weighted by Crippen LogP contribution is -2.08. The Hall–Kier alpha value is -1.68. The largest absolute Gasteiger partial charge is 0.478 e. The summed E-state index contributed by atoms with van der Waals surface area (Å²) in [5.41, 5.74) is 3.62. The van der Waals surface area contributed by atoms with Crippen molar-refractivity contribution in [1.82, 2.24) is 4.98 Å². The van der Waals surface area contributed by atoms with Gasteiger partial charge in [0.15, 0.2) is 0 Å². The van der Waals surface area contributed by atoms with Crippen molar-refractivity contribution in [2.75, 3.05) is 0 Å². The molecule has 0 saturated carbocycles. The maximum Gasteiger partial charge on any atom is 0.336 e. The van der Waals surface area contributed by atoms with E-state index in [1.54, 1.807) is 6.20 Å². The summed E-state index contributed by atoms with van der Waals surface area (Å²) in [6.45, 7) is 0. The number of carboxylic acids is 1. The number of rotatable bonds is 2. The molecule has 0 amide bonds. The Bertz CT molecular complexity index is 590. The van der Waals surface area contributed by atoms with Gasteiger partial charge in [-0.15, -0.1) is 11.3 Å². The Morgan fingerprint density at radius 2 is 1.94 bits per heavy atom. The van der Waals surface area contributed by atoms with Gasteiger partial charge in [-0.2, -0.15) is 0 Å². The maximum atomic E-state index is 11.4. The summed E-state index contributed by atoms with van der Waals surface area (Å²) in [7, 11) is 0. The summed E-state index contributed by atoms with van der Waals surface area (Å²) in [4.78, 5) is 15.6. The molecular formula is C14H13NO2S. The molecule has 0 atom stereocenters. The van der Waals surface area contributed by atoms with Crippen molar-refractivity contribution in [3.8, 4) is 10.6 Å². The molecule has 1 aliphatic rings. The zero-order valence-corrected chi connectivity index (χ0v) is 10.7. The zero-order chi connectivity index (χ0) is 12.5. The molecule has 4 heteroatoms. The summed E-state index contributed by atoms with van der Waals surface area (Å²) in [5.74, 6) is -0.867. The van der Waals surface area contributed by atoms with Crippen LogP contribution in [0, 0.1) is 0 Å². The van der Waals surface area contributed by atoms with Crippen molar-refractivity contribution >= 4 is 17.3 Å². The number of carboxylic acid groups (broad SMARTS) is 1. The predicted molar refractivity (Wildman–Crippen MR) is 71.2 cm³/mol. The lowest BCUT2D eigenvalue weighted by molar-refractivity contribution is 0.0697. The highest BCUT2D eigenvalue weighted by Gasteiger charge is 2.19. The summed E-state index contributed by atoms with van der Waals surface area (Å²) in [5, 5.41) is 12.0. The second-order valence-corrected chi connectivity index (χ2v) is 5.41. The quantitative estimate of drug-likeness (QED) is 0.899. The number of benzene rings is 1. The molecule has 0 fully saturated rings. The topological polar surface area (TPSA) is 50.2 Å². The number of aromatic carboxylic acids is 1. The highest BCUT2D eigenvalue weighted by Crippen LogP contribution is 2.32. The van der Waals surface area contributed by atoms with Crippen LogP contribution in [-0.4, -0.2) is 16.1 Å². The average molecular weight is 259 g/mol. The van der Waals surface area contributed by atoms with Crippen LogP contribution in [0.15, 0.2) is 23.7 Å². The van der Waals surface area contributed by atoms with Gasteiger partial charge in [0.05, 0.1) is 5.56 Å². The molecule has 1 N–H and O–H groups in total. The summed E-state index contributed by atoms with van der Waals surface area (Å²) >= 11 is 1.48. The van der Waals surface area contributed by atoms with Crippen molar-refractivity contribution in [1.29, 1.82) is 0 Å². The van der Waals surface area contributed by atoms with E-state index >= 15 is 0 Å². The molecule has 1 heterocycles. The number of carbonyl (C=O) groups is 1. The lowest BCUT2D eigenvalue weighted by atomic mass is 9.88. The van der Waals surface area contributed by atoms with Gasteiger partial charge in [0.25, 0.3) is 0 Å². The van der Waals surface area contributed by atoms with Crippen LogP contribution < -0.4 is 0 Å². The van der Waals surface area contributed by atoms with Gasteiger partial charge in [-0.1, -0.05) is 0 Å². The van der Waals surface area contributed by atoms with Crippen LogP contribution in [0.25, 0.3) is 10.6 Å². The van der Waals surface area contributed by atoms with Crippen LogP contribution in [0.2, 0.25) is 0 Å². The molecule has 3 rings (SSSR count). The minimum atomic E-state index is -0.867. The van der Waals surface area contributed by atoms with Crippen LogP contribution >= 0.6 is 11.3 Å². The van der Waals surface area contributed by atoms with E-state index in [9.17, 15) is 9.90 Å². The number of fused-ring (bicyclic) bond motifs is 1. The third-order valence-corrected chi connectivity index (χ3v) is 4.18. The average Bonchev–Trinajstić information content (AvgIpc) is 2.91. The van der Waals surface area contributed by atoms with E-state index < -0.39 is 5.97 Å². The minimum Gasteiger partial charge on any atom is -0.478 e. The van der Waals surface area contributed by atoms with Crippen molar-refractivity contribution in [2.24, 2.45) is 0 Å². The van der Waals surface area contributed by atoms with Gasteiger partial charge in [0.1, 0.15) is 5.01 Å². The van der Waals surface area contributed by atoms with E-state index in [-0.39, 0.29) is 0 Å². The Labute approximate surface area is 109 Å². The van der Waals surface area contributed by atoms with E-state index in [1.807, 2.05) is 17.5 Å². The monoisotopic (exact) mass is 259 g/mol. The minimum absolute atomic E-state index is 0.380. The fourth-order valence-electron chi connectivity index (χ4n) is 2.50. The highest BCUT2D eigenvalue weighted by atomic mass is 32.1. The molecule has 0 unspecified atom stereocenters. The lowest BCUT2D eigenvalue weighted by Gasteiger charge is -2.17. The van der Waals surface area contributed by atoms with Gasteiger partial charge < -0.3 is 5.11 Å². The molecule has 18 heavy (non-hydrogen) atoms. The molecule has 1 aliphatic carbocycles. The van der Waals surface area contributed by atoms with Gasteiger partial charge in [-0.05, 0) is 48.9 Å². The number of hydrogen-bond donors (Lipinski definition) is 1. The zero-order valence-electron chi connectivity index (χ0n) is 9.85. The van der Waals surface area contributed by atoms with E-state index in [2.05, 4.69) is 4.98 Å². The van der Waals surface area contributed by atoms with E-state index in [0.29, 0.717) is 5.56 Å². The van der Waals surface area contributed by atoms with Gasteiger partial charge >= 0.3 is 5.97 Å². The fourth-order valence-corrected chi connectivity index (χ4v) is 3.16. The number of nitrogens with zero attached hydrogens (tertiary/aromatic N) is 1. The molecule has 0 aliphatic heterocycles. The third-order valence-electron chi connectivity index (χ3n) is 3.38. The maximum absolute atomic E-state index is 11.4. The molecule has 92 valence electrons. The summed E-state index contributed by atoms with van der Waals surface area (Å²) < 4.78 is 0. The van der Waals surface area contributed by atoms with Gasteiger partial charge in [-0.25, -0.2) is 9.78 Å². The van der Waals surface area contributed by atoms with Crippen LogP contribution in [-0.2, 0) is 12.8 Å². The molecule has 0 saturated heterocycles. The molecular weight excluding hydrogens is 246 g/mol.